The number of carbonyl (C=O) groups excluding carboxylic acids is 1. The lowest BCUT2D eigenvalue weighted by Crippen LogP contribution is -2.24. The Morgan fingerprint density at radius 3 is 2.42 bits per heavy atom. The predicted octanol–water partition coefficient (Wildman–Crippen LogP) is 6.39. The highest BCUT2D eigenvalue weighted by Gasteiger charge is 2.18. The summed E-state index contributed by atoms with van der Waals surface area (Å²) in [5, 5.41) is 8.47. The minimum Gasteiger partial charge on any atom is -0.348 e. The molecule has 0 fully saturated rings. The summed E-state index contributed by atoms with van der Waals surface area (Å²) >= 11 is 1.59. The summed E-state index contributed by atoms with van der Waals surface area (Å²) in [6.07, 6.45) is 8.50. The molecule has 2 aromatic heterocycles. The van der Waals surface area contributed by atoms with Crippen LogP contribution in [0, 0.1) is 13.8 Å². The summed E-state index contributed by atoms with van der Waals surface area (Å²) in [6, 6.07) is 12.1. The van der Waals surface area contributed by atoms with Crippen LogP contribution in [0.3, 0.4) is 0 Å². The van der Waals surface area contributed by atoms with Crippen molar-refractivity contribution in [1.29, 1.82) is 0 Å². The summed E-state index contributed by atoms with van der Waals surface area (Å²) in [5.41, 5.74) is 6.16. The molecule has 0 aliphatic carbocycles. The molecule has 0 atom stereocenters. The molecule has 2 heterocycles. The number of benzene rings is 1. The zero-order chi connectivity index (χ0) is 24.4. The Morgan fingerprint density at radius 2 is 1.85 bits per heavy atom. The van der Waals surface area contributed by atoms with Gasteiger partial charge in [0.15, 0.2) is 0 Å². The lowest BCUT2D eigenvalue weighted by atomic mass is 10.1. The Kier molecular flexibility index (Phi) is 10.1. The molecule has 0 unspecified atom stereocenters. The highest BCUT2D eigenvalue weighted by atomic mass is 32.2. The lowest BCUT2D eigenvalue weighted by molar-refractivity contribution is -0.115. The molecular weight excluding hydrogens is 428 g/mol. The summed E-state index contributed by atoms with van der Waals surface area (Å²) in [5.74, 6) is -0.149. The Labute approximate surface area is 202 Å². The summed E-state index contributed by atoms with van der Waals surface area (Å²) < 4.78 is 1.80. The monoisotopic (exact) mass is 462 g/mol. The Balaban J connectivity index is 0.00000122. The van der Waals surface area contributed by atoms with Crippen molar-refractivity contribution in [2.24, 2.45) is 0 Å². The van der Waals surface area contributed by atoms with Gasteiger partial charge in [-0.2, -0.15) is 5.10 Å². The molecule has 1 aromatic carbocycles. The Hall–Kier alpha value is -3.12. The van der Waals surface area contributed by atoms with Gasteiger partial charge >= 0.3 is 0 Å². The van der Waals surface area contributed by atoms with Crippen molar-refractivity contribution < 1.29 is 4.79 Å². The first-order chi connectivity index (χ1) is 15.9. The van der Waals surface area contributed by atoms with Gasteiger partial charge in [0, 0.05) is 23.4 Å². The van der Waals surface area contributed by atoms with E-state index in [0.717, 1.165) is 33.2 Å². The van der Waals surface area contributed by atoms with Crippen molar-refractivity contribution in [3.05, 3.63) is 83.3 Å². The SMILES string of the molecule is C=Cc1c(/C(=C\C)C(=O)NCc2cc(C)nc(SC)c2)cnn1-c1ccc(C)cc1.CCC. The fraction of sp³-hybridized carbons (Fsp3) is 0.296. The summed E-state index contributed by atoms with van der Waals surface area (Å²) in [4.78, 5) is 17.4. The second-order valence-corrected chi connectivity index (χ2v) is 8.47. The van der Waals surface area contributed by atoms with E-state index in [-0.39, 0.29) is 5.91 Å². The number of pyridine rings is 1. The lowest BCUT2D eigenvalue weighted by Gasteiger charge is -2.11. The molecule has 0 saturated heterocycles. The van der Waals surface area contributed by atoms with E-state index in [1.165, 1.54) is 12.0 Å². The molecule has 174 valence electrons. The summed E-state index contributed by atoms with van der Waals surface area (Å²) in [7, 11) is 0. The van der Waals surface area contributed by atoms with Gasteiger partial charge in [-0.3, -0.25) is 4.79 Å². The van der Waals surface area contributed by atoms with Crippen LogP contribution in [0.15, 0.2) is 60.3 Å². The Morgan fingerprint density at radius 1 is 1.18 bits per heavy atom. The molecule has 0 radical (unpaired) electrons. The number of hydrogen-bond acceptors (Lipinski definition) is 4. The molecule has 3 aromatic rings. The number of carbonyl (C=O) groups is 1. The molecule has 1 N–H and O–H groups in total. The van der Waals surface area contributed by atoms with Crippen LogP contribution >= 0.6 is 11.8 Å². The first-order valence-corrected chi connectivity index (χ1v) is 12.3. The highest BCUT2D eigenvalue weighted by Crippen LogP contribution is 2.24. The van der Waals surface area contributed by atoms with Crippen molar-refractivity contribution >= 4 is 29.3 Å². The number of amides is 1. The number of thioether (sulfide) groups is 1. The number of nitrogens with one attached hydrogen (secondary N) is 1. The normalized spacial score (nSPS) is 10.9. The third kappa shape index (κ3) is 6.93. The summed E-state index contributed by atoms with van der Waals surface area (Å²) in [6.45, 7) is 14.5. The van der Waals surface area contributed by atoms with Crippen LogP contribution in [-0.2, 0) is 11.3 Å². The fourth-order valence-electron chi connectivity index (χ4n) is 3.25. The highest BCUT2D eigenvalue weighted by molar-refractivity contribution is 7.98. The maximum atomic E-state index is 13.0. The second-order valence-electron chi connectivity index (χ2n) is 7.65. The van der Waals surface area contributed by atoms with E-state index >= 15 is 0 Å². The van der Waals surface area contributed by atoms with Crippen molar-refractivity contribution in [3.63, 3.8) is 0 Å². The first-order valence-electron chi connectivity index (χ1n) is 11.1. The van der Waals surface area contributed by atoms with Crippen LogP contribution < -0.4 is 5.32 Å². The fourth-order valence-corrected chi connectivity index (χ4v) is 3.76. The van der Waals surface area contributed by atoms with E-state index in [2.05, 4.69) is 35.8 Å². The zero-order valence-electron chi connectivity index (χ0n) is 20.5. The largest absolute Gasteiger partial charge is 0.348 e. The van der Waals surface area contributed by atoms with Crippen LogP contribution in [0.25, 0.3) is 17.3 Å². The quantitative estimate of drug-likeness (QED) is 0.327. The van der Waals surface area contributed by atoms with Crippen molar-refractivity contribution in [1.82, 2.24) is 20.1 Å². The van der Waals surface area contributed by atoms with E-state index in [0.29, 0.717) is 12.1 Å². The molecule has 5 nitrogen and oxygen atoms in total. The van der Waals surface area contributed by atoms with Gasteiger partial charge in [0.2, 0.25) is 0 Å². The van der Waals surface area contributed by atoms with Crippen LogP contribution in [-0.4, -0.2) is 26.9 Å². The maximum Gasteiger partial charge on any atom is 0.251 e. The molecule has 0 bridgehead atoms. The minimum atomic E-state index is -0.149. The Bertz CT molecular complexity index is 1110. The molecule has 0 saturated carbocycles. The molecular formula is C27H34N4OS. The number of nitrogens with zero attached hydrogens (tertiary/aromatic N) is 3. The van der Waals surface area contributed by atoms with Gasteiger partial charge in [-0.15, -0.1) is 11.8 Å². The van der Waals surface area contributed by atoms with Crippen molar-refractivity contribution in [2.75, 3.05) is 6.26 Å². The number of allylic oxidation sites excluding steroid dienone is 1. The van der Waals surface area contributed by atoms with Gasteiger partial charge < -0.3 is 5.32 Å². The second kappa shape index (κ2) is 12.8. The van der Waals surface area contributed by atoms with Crippen LogP contribution in [0.5, 0.6) is 0 Å². The number of aromatic nitrogens is 3. The van der Waals surface area contributed by atoms with E-state index in [9.17, 15) is 4.79 Å². The van der Waals surface area contributed by atoms with Gasteiger partial charge in [-0.25, -0.2) is 9.67 Å². The molecule has 0 aliphatic rings. The number of rotatable bonds is 7. The van der Waals surface area contributed by atoms with Gasteiger partial charge in [-0.1, -0.05) is 50.6 Å². The van der Waals surface area contributed by atoms with Crippen LogP contribution in [0.4, 0.5) is 0 Å². The minimum absolute atomic E-state index is 0.149. The van der Waals surface area contributed by atoms with E-state index in [4.69, 9.17) is 0 Å². The predicted molar refractivity (Wildman–Crippen MR) is 141 cm³/mol. The molecule has 0 aliphatic heterocycles. The smallest absolute Gasteiger partial charge is 0.251 e. The van der Waals surface area contributed by atoms with Gasteiger partial charge in [0.1, 0.15) is 0 Å². The third-order valence-corrected chi connectivity index (χ3v) is 5.38. The van der Waals surface area contributed by atoms with Crippen LogP contribution in [0.1, 0.15) is 55.3 Å². The van der Waals surface area contributed by atoms with Gasteiger partial charge in [-0.05, 0) is 62.9 Å². The van der Waals surface area contributed by atoms with Gasteiger partial charge in [0.25, 0.3) is 5.91 Å². The van der Waals surface area contributed by atoms with Crippen molar-refractivity contribution in [2.45, 2.75) is 52.6 Å². The molecule has 6 heteroatoms. The standard InChI is InChI=1S/C24H26N4OS.C3H8/c1-6-20(24(29)25-14-18-12-17(4)27-23(13-18)30-5)21-15-26-28(22(21)7-2)19-10-8-16(3)9-11-19;1-3-2/h6-13,15H,2,14H2,1,3-5H3,(H,25,29);3H2,1-2H3/b20-6+;. The zero-order valence-corrected chi connectivity index (χ0v) is 21.3. The first kappa shape index (κ1) is 26.1. The molecule has 33 heavy (non-hydrogen) atoms. The topological polar surface area (TPSA) is 59.8 Å². The van der Waals surface area contributed by atoms with E-state index in [1.54, 1.807) is 28.7 Å². The third-order valence-electron chi connectivity index (χ3n) is 4.75. The van der Waals surface area contributed by atoms with Gasteiger partial charge in [0.05, 0.1) is 22.6 Å². The number of hydrogen-bond donors (Lipinski definition) is 1. The van der Waals surface area contributed by atoms with E-state index < -0.39 is 0 Å². The van der Waals surface area contributed by atoms with Crippen LogP contribution in [0.2, 0.25) is 0 Å². The molecule has 0 spiro atoms. The number of aryl methyl sites for hydroxylation is 2. The van der Waals surface area contributed by atoms with E-state index in [1.807, 2.05) is 69.5 Å². The average Bonchev–Trinajstić information content (AvgIpc) is 3.22. The maximum absolute atomic E-state index is 13.0. The average molecular weight is 463 g/mol. The van der Waals surface area contributed by atoms with Crippen molar-refractivity contribution in [3.8, 4) is 5.69 Å². The molecule has 1 amide bonds. The molecule has 3 rings (SSSR count).